The highest BCUT2D eigenvalue weighted by atomic mass is 15.1. The lowest BCUT2D eigenvalue weighted by Gasteiger charge is -2.35. The van der Waals surface area contributed by atoms with Crippen LogP contribution in [0, 0.1) is 11.3 Å². The van der Waals surface area contributed by atoms with E-state index in [1.807, 2.05) is 32.8 Å². The van der Waals surface area contributed by atoms with Crippen LogP contribution in [0.2, 0.25) is 0 Å². The molecule has 0 spiro atoms. The molecule has 0 aliphatic carbocycles. The molecule has 3 N–H and O–H groups in total. The van der Waals surface area contributed by atoms with E-state index in [0.717, 1.165) is 0 Å². The summed E-state index contributed by atoms with van der Waals surface area (Å²) in [4.78, 5) is 2.01. The van der Waals surface area contributed by atoms with Crippen LogP contribution in [0.3, 0.4) is 0 Å². The Morgan fingerprint density at radius 1 is 1.31 bits per heavy atom. The molecule has 0 rings (SSSR count). The highest BCUT2D eigenvalue weighted by Gasteiger charge is 2.32. The predicted molar refractivity (Wildman–Crippen MR) is 58.3 cm³/mol. The second kappa shape index (κ2) is 4.20. The zero-order valence-electron chi connectivity index (χ0n) is 9.68. The van der Waals surface area contributed by atoms with E-state index in [-0.39, 0.29) is 6.04 Å². The maximum absolute atomic E-state index is 7.99. The molecule has 0 bridgehead atoms. The lowest BCUT2D eigenvalue weighted by Crippen LogP contribution is -2.55. The zero-order valence-corrected chi connectivity index (χ0v) is 9.68. The van der Waals surface area contributed by atoms with Crippen molar-refractivity contribution in [3.63, 3.8) is 0 Å². The summed E-state index contributed by atoms with van der Waals surface area (Å²) in [5.74, 6) is 0.294. The number of nitrogens with zero attached hydrogens (tertiary/aromatic N) is 1. The zero-order chi connectivity index (χ0) is 10.8. The van der Waals surface area contributed by atoms with Crippen molar-refractivity contribution in [2.45, 2.75) is 39.3 Å². The largest absolute Gasteiger partial charge is 0.320 e. The van der Waals surface area contributed by atoms with Crippen molar-refractivity contribution in [1.29, 1.82) is 5.41 Å². The first-order valence-electron chi connectivity index (χ1n) is 4.75. The Hall–Kier alpha value is -0.410. The van der Waals surface area contributed by atoms with E-state index < -0.39 is 5.54 Å². The summed E-state index contributed by atoms with van der Waals surface area (Å²) < 4.78 is 0. The highest BCUT2D eigenvalue weighted by Crippen LogP contribution is 2.17. The van der Waals surface area contributed by atoms with Crippen molar-refractivity contribution in [3.8, 4) is 0 Å². The average molecular weight is 185 g/mol. The van der Waals surface area contributed by atoms with Crippen LogP contribution in [-0.2, 0) is 0 Å². The molecule has 0 heterocycles. The van der Waals surface area contributed by atoms with Crippen molar-refractivity contribution in [2.24, 2.45) is 11.7 Å². The normalized spacial score (nSPS) is 18.8. The van der Waals surface area contributed by atoms with Gasteiger partial charge in [0.05, 0.1) is 5.54 Å². The summed E-state index contributed by atoms with van der Waals surface area (Å²) >= 11 is 0. The number of rotatable bonds is 4. The third kappa shape index (κ3) is 2.78. The summed E-state index contributed by atoms with van der Waals surface area (Å²) in [5.41, 5.74) is 6.20. The van der Waals surface area contributed by atoms with Gasteiger partial charge in [-0.1, -0.05) is 13.8 Å². The topological polar surface area (TPSA) is 53.1 Å². The van der Waals surface area contributed by atoms with E-state index >= 15 is 0 Å². The van der Waals surface area contributed by atoms with Gasteiger partial charge in [-0.2, -0.15) is 0 Å². The minimum absolute atomic E-state index is 0.109. The molecule has 3 nitrogen and oxygen atoms in total. The number of nitrogens with one attached hydrogen (secondary N) is 1. The van der Waals surface area contributed by atoms with E-state index in [4.69, 9.17) is 11.1 Å². The van der Waals surface area contributed by atoms with Gasteiger partial charge in [-0.3, -0.25) is 0 Å². The molecule has 0 saturated heterocycles. The fourth-order valence-corrected chi connectivity index (χ4v) is 1.02. The van der Waals surface area contributed by atoms with Crippen LogP contribution < -0.4 is 5.73 Å². The molecule has 0 aliphatic rings. The standard InChI is InChI=1S/C10H23N3/c1-7(2)10(4,12)9(11)8(3)13(5)6/h7-8,11H,12H2,1-6H3. The van der Waals surface area contributed by atoms with Crippen LogP contribution in [0.4, 0.5) is 0 Å². The molecule has 13 heavy (non-hydrogen) atoms. The van der Waals surface area contributed by atoms with Crippen LogP contribution in [0.5, 0.6) is 0 Å². The van der Waals surface area contributed by atoms with Crippen LogP contribution in [-0.4, -0.2) is 36.3 Å². The monoisotopic (exact) mass is 185 g/mol. The van der Waals surface area contributed by atoms with E-state index in [0.29, 0.717) is 11.6 Å². The van der Waals surface area contributed by atoms with Crippen molar-refractivity contribution in [2.75, 3.05) is 14.1 Å². The minimum atomic E-state index is -0.496. The van der Waals surface area contributed by atoms with E-state index in [2.05, 4.69) is 13.8 Å². The van der Waals surface area contributed by atoms with Crippen LogP contribution in [0.25, 0.3) is 0 Å². The van der Waals surface area contributed by atoms with Gasteiger partial charge in [-0.05, 0) is 33.9 Å². The minimum Gasteiger partial charge on any atom is -0.320 e. The van der Waals surface area contributed by atoms with E-state index in [9.17, 15) is 0 Å². The second-order valence-electron chi connectivity index (χ2n) is 4.49. The van der Waals surface area contributed by atoms with Gasteiger partial charge in [0.1, 0.15) is 0 Å². The molecular formula is C10H23N3. The summed E-state index contributed by atoms with van der Waals surface area (Å²) in [6.07, 6.45) is 0. The Balaban J connectivity index is 4.59. The van der Waals surface area contributed by atoms with Gasteiger partial charge < -0.3 is 16.0 Å². The number of nitrogens with two attached hydrogens (primary N) is 1. The van der Waals surface area contributed by atoms with Gasteiger partial charge >= 0.3 is 0 Å². The third-order valence-corrected chi connectivity index (χ3v) is 2.97. The lowest BCUT2D eigenvalue weighted by atomic mass is 9.82. The molecule has 0 radical (unpaired) electrons. The van der Waals surface area contributed by atoms with Crippen molar-refractivity contribution in [3.05, 3.63) is 0 Å². The van der Waals surface area contributed by atoms with Gasteiger partial charge in [0, 0.05) is 11.8 Å². The van der Waals surface area contributed by atoms with Crippen LogP contribution >= 0.6 is 0 Å². The molecule has 0 fully saturated rings. The molecule has 0 aromatic heterocycles. The first-order valence-corrected chi connectivity index (χ1v) is 4.75. The van der Waals surface area contributed by atoms with Crippen molar-refractivity contribution < 1.29 is 0 Å². The van der Waals surface area contributed by atoms with E-state index in [1.54, 1.807) is 0 Å². The first-order chi connectivity index (χ1) is 5.71. The Morgan fingerprint density at radius 3 is 1.92 bits per heavy atom. The lowest BCUT2D eigenvalue weighted by molar-refractivity contribution is 0.347. The molecule has 78 valence electrons. The van der Waals surface area contributed by atoms with Gasteiger partial charge in [-0.25, -0.2) is 0 Å². The summed E-state index contributed by atoms with van der Waals surface area (Å²) in [5, 5.41) is 7.99. The van der Waals surface area contributed by atoms with Gasteiger partial charge in [0.2, 0.25) is 0 Å². The van der Waals surface area contributed by atoms with Crippen LogP contribution in [0.1, 0.15) is 27.7 Å². The van der Waals surface area contributed by atoms with E-state index in [1.165, 1.54) is 0 Å². The molecule has 0 amide bonds. The second-order valence-corrected chi connectivity index (χ2v) is 4.49. The Kier molecular flexibility index (Phi) is 4.07. The molecule has 0 saturated carbocycles. The molecular weight excluding hydrogens is 162 g/mol. The highest BCUT2D eigenvalue weighted by molar-refractivity contribution is 5.94. The first kappa shape index (κ1) is 12.6. The fourth-order valence-electron chi connectivity index (χ4n) is 1.02. The Morgan fingerprint density at radius 2 is 1.69 bits per heavy atom. The molecule has 3 heteroatoms. The quantitative estimate of drug-likeness (QED) is 0.649. The molecule has 2 atom stereocenters. The number of hydrogen-bond acceptors (Lipinski definition) is 3. The fraction of sp³-hybridized carbons (Fsp3) is 0.900. The van der Waals surface area contributed by atoms with Gasteiger partial charge in [-0.15, -0.1) is 0 Å². The predicted octanol–water partition coefficient (Wildman–Crippen LogP) is 1.33. The van der Waals surface area contributed by atoms with Crippen molar-refractivity contribution in [1.82, 2.24) is 4.90 Å². The van der Waals surface area contributed by atoms with Crippen LogP contribution in [0.15, 0.2) is 0 Å². The molecule has 2 unspecified atom stereocenters. The number of hydrogen-bond donors (Lipinski definition) is 2. The van der Waals surface area contributed by atoms with Gasteiger partial charge in [0.15, 0.2) is 0 Å². The Bertz CT molecular complexity index is 183. The van der Waals surface area contributed by atoms with Gasteiger partial charge in [0.25, 0.3) is 0 Å². The smallest absolute Gasteiger partial charge is 0.0547 e. The molecule has 0 aliphatic heterocycles. The summed E-state index contributed by atoms with van der Waals surface area (Å²) in [6.45, 7) is 8.05. The maximum atomic E-state index is 7.99. The molecule has 0 aromatic carbocycles. The Labute approximate surface area is 81.8 Å². The SMILES string of the molecule is CC(C(=N)C(C)(N)C(C)C)N(C)C. The maximum Gasteiger partial charge on any atom is 0.0547 e. The molecule has 0 aromatic rings. The van der Waals surface area contributed by atoms with Crippen molar-refractivity contribution >= 4 is 5.71 Å². The summed E-state index contributed by atoms with van der Waals surface area (Å²) in [6, 6.07) is 0.109. The summed E-state index contributed by atoms with van der Waals surface area (Å²) in [7, 11) is 3.94. The average Bonchev–Trinajstić information content (AvgIpc) is 2.01. The third-order valence-electron chi connectivity index (χ3n) is 2.97.